The van der Waals surface area contributed by atoms with Gasteiger partial charge in [0, 0.05) is 19.0 Å². The van der Waals surface area contributed by atoms with Crippen LogP contribution in [0.15, 0.2) is 39.0 Å². The maximum Gasteiger partial charge on any atom is 0.349 e. The van der Waals surface area contributed by atoms with Gasteiger partial charge in [-0.15, -0.1) is 11.3 Å². The minimum absolute atomic E-state index is 0.0824. The number of nitrogens with zero attached hydrogens (tertiary/aromatic N) is 1. The zero-order valence-corrected chi connectivity index (χ0v) is 15.9. The fourth-order valence-corrected chi connectivity index (χ4v) is 4.35. The van der Waals surface area contributed by atoms with Crippen LogP contribution in [0.3, 0.4) is 0 Å². The van der Waals surface area contributed by atoms with Crippen LogP contribution in [0.1, 0.15) is 46.0 Å². The first kappa shape index (κ1) is 17.9. The highest BCUT2D eigenvalue weighted by atomic mass is 32.1. The third kappa shape index (κ3) is 3.65. The molecule has 140 valence electrons. The number of thiazole rings is 1. The van der Waals surface area contributed by atoms with Gasteiger partial charge in [0.1, 0.15) is 11.3 Å². The molecule has 2 aromatic heterocycles. The number of benzene rings is 1. The fourth-order valence-electron chi connectivity index (χ4n) is 3.55. The van der Waals surface area contributed by atoms with Gasteiger partial charge in [0.05, 0.1) is 15.7 Å². The molecular weight excluding hydrogens is 362 g/mol. The van der Waals surface area contributed by atoms with E-state index in [1.807, 2.05) is 24.3 Å². The molecule has 0 spiro atoms. The lowest BCUT2D eigenvalue weighted by atomic mass is 9.95. The van der Waals surface area contributed by atoms with Crippen LogP contribution in [0.5, 0.6) is 0 Å². The van der Waals surface area contributed by atoms with Gasteiger partial charge in [-0.3, -0.25) is 4.79 Å². The van der Waals surface area contributed by atoms with Crippen LogP contribution >= 0.6 is 11.3 Å². The molecule has 1 aliphatic rings. The lowest BCUT2D eigenvalue weighted by Crippen LogP contribution is -2.31. The Bertz CT molecular complexity index is 1030. The van der Waals surface area contributed by atoms with E-state index in [1.165, 1.54) is 11.3 Å². The first-order chi connectivity index (χ1) is 13.1. The van der Waals surface area contributed by atoms with Crippen LogP contribution in [0, 0.1) is 6.92 Å². The Kier molecular flexibility index (Phi) is 5.05. The van der Waals surface area contributed by atoms with E-state index in [0.717, 1.165) is 41.7 Å². The molecule has 2 N–H and O–H groups in total. The summed E-state index contributed by atoms with van der Waals surface area (Å²) >= 11 is 1.54. The van der Waals surface area contributed by atoms with Crippen LogP contribution in [0.2, 0.25) is 0 Å². The Labute approximate surface area is 160 Å². The van der Waals surface area contributed by atoms with Crippen molar-refractivity contribution in [2.75, 3.05) is 13.1 Å². The molecule has 4 rings (SSSR count). The second-order valence-electron chi connectivity index (χ2n) is 6.84. The third-order valence-corrected chi connectivity index (χ3v) is 5.89. The van der Waals surface area contributed by atoms with Crippen molar-refractivity contribution >= 4 is 27.5 Å². The molecular formula is C20H21N3O3S. The lowest BCUT2D eigenvalue weighted by molar-refractivity contribution is 0.0945. The van der Waals surface area contributed by atoms with E-state index >= 15 is 0 Å². The normalized spacial score (nSPS) is 17.1. The molecule has 1 aromatic carbocycles. The molecule has 3 heterocycles. The summed E-state index contributed by atoms with van der Waals surface area (Å²) in [6.07, 6.45) is 2.04. The molecule has 0 radical (unpaired) electrons. The third-order valence-electron chi connectivity index (χ3n) is 4.97. The van der Waals surface area contributed by atoms with E-state index in [0.29, 0.717) is 17.9 Å². The topological polar surface area (TPSA) is 84.2 Å². The molecule has 7 heteroatoms. The minimum Gasteiger partial charge on any atom is -0.427 e. The summed E-state index contributed by atoms with van der Waals surface area (Å²) in [4.78, 5) is 29.4. The molecule has 27 heavy (non-hydrogen) atoms. The SMILES string of the molecule is Cc1cc(C2CCCNC2)oc(=O)c1C(=O)NCc1cccc2ncsc12. The van der Waals surface area contributed by atoms with Crippen molar-refractivity contribution in [1.82, 2.24) is 15.6 Å². The predicted molar refractivity (Wildman–Crippen MR) is 105 cm³/mol. The van der Waals surface area contributed by atoms with Crippen molar-refractivity contribution in [2.45, 2.75) is 32.2 Å². The number of rotatable bonds is 4. The quantitative estimate of drug-likeness (QED) is 0.724. The van der Waals surface area contributed by atoms with Crippen LogP contribution in [0.25, 0.3) is 10.2 Å². The largest absolute Gasteiger partial charge is 0.427 e. The first-order valence-corrected chi connectivity index (χ1v) is 9.96. The number of piperidine rings is 1. The van der Waals surface area contributed by atoms with Crippen molar-refractivity contribution in [3.8, 4) is 0 Å². The molecule has 1 amide bonds. The molecule has 0 bridgehead atoms. The second kappa shape index (κ2) is 7.62. The summed E-state index contributed by atoms with van der Waals surface area (Å²) in [5, 5.41) is 6.16. The van der Waals surface area contributed by atoms with Crippen molar-refractivity contribution < 1.29 is 9.21 Å². The van der Waals surface area contributed by atoms with Gasteiger partial charge in [-0.25, -0.2) is 9.78 Å². The highest BCUT2D eigenvalue weighted by Gasteiger charge is 2.22. The van der Waals surface area contributed by atoms with Crippen molar-refractivity contribution in [3.05, 3.63) is 62.6 Å². The van der Waals surface area contributed by atoms with Gasteiger partial charge in [0.25, 0.3) is 5.91 Å². The van der Waals surface area contributed by atoms with E-state index < -0.39 is 11.5 Å². The Morgan fingerprint density at radius 2 is 2.33 bits per heavy atom. The average Bonchev–Trinajstić information content (AvgIpc) is 3.16. The molecule has 1 aliphatic heterocycles. The summed E-state index contributed by atoms with van der Waals surface area (Å²) in [5.41, 5.74) is 3.85. The van der Waals surface area contributed by atoms with Crippen molar-refractivity contribution in [2.24, 2.45) is 0 Å². The first-order valence-electron chi connectivity index (χ1n) is 9.08. The molecule has 1 saturated heterocycles. The molecule has 0 aliphatic carbocycles. The zero-order valence-electron chi connectivity index (χ0n) is 15.1. The molecule has 0 saturated carbocycles. The Hall–Kier alpha value is -2.51. The highest BCUT2D eigenvalue weighted by molar-refractivity contribution is 7.16. The van der Waals surface area contributed by atoms with Gasteiger partial charge in [-0.2, -0.15) is 0 Å². The Balaban J connectivity index is 1.53. The summed E-state index contributed by atoms with van der Waals surface area (Å²) < 4.78 is 6.54. The maximum absolute atomic E-state index is 12.6. The predicted octanol–water partition coefficient (Wildman–Crippen LogP) is 2.95. The van der Waals surface area contributed by atoms with Gasteiger partial charge in [-0.1, -0.05) is 12.1 Å². The van der Waals surface area contributed by atoms with Crippen LogP contribution < -0.4 is 16.3 Å². The monoisotopic (exact) mass is 383 g/mol. The fraction of sp³-hybridized carbons (Fsp3) is 0.350. The number of aromatic nitrogens is 1. The second-order valence-corrected chi connectivity index (χ2v) is 7.69. The van der Waals surface area contributed by atoms with Gasteiger partial charge in [0.15, 0.2) is 0 Å². The number of hydrogen-bond donors (Lipinski definition) is 2. The van der Waals surface area contributed by atoms with Gasteiger partial charge < -0.3 is 15.1 Å². The minimum atomic E-state index is -0.566. The number of carbonyl (C=O) groups is 1. The van der Waals surface area contributed by atoms with E-state index in [4.69, 9.17) is 4.42 Å². The van der Waals surface area contributed by atoms with Gasteiger partial charge in [-0.05, 0) is 49.6 Å². The van der Waals surface area contributed by atoms with Gasteiger partial charge in [0.2, 0.25) is 0 Å². The number of amides is 1. The van der Waals surface area contributed by atoms with E-state index in [-0.39, 0.29) is 11.5 Å². The number of aryl methyl sites for hydroxylation is 1. The summed E-state index contributed by atoms with van der Waals surface area (Å²) in [7, 11) is 0. The average molecular weight is 383 g/mol. The number of fused-ring (bicyclic) bond motifs is 1. The van der Waals surface area contributed by atoms with Crippen LogP contribution in [0.4, 0.5) is 0 Å². The van der Waals surface area contributed by atoms with Crippen LogP contribution in [-0.2, 0) is 6.54 Å². The number of nitrogens with one attached hydrogen (secondary N) is 2. The number of carbonyl (C=O) groups excluding carboxylic acids is 1. The summed E-state index contributed by atoms with van der Waals surface area (Å²) in [6, 6.07) is 7.64. The number of hydrogen-bond acceptors (Lipinski definition) is 6. The molecule has 6 nitrogen and oxygen atoms in total. The maximum atomic E-state index is 12.6. The summed E-state index contributed by atoms with van der Waals surface area (Å²) in [5.74, 6) is 0.443. The van der Waals surface area contributed by atoms with E-state index in [2.05, 4.69) is 15.6 Å². The Morgan fingerprint density at radius 3 is 3.11 bits per heavy atom. The van der Waals surface area contributed by atoms with Crippen LogP contribution in [-0.4, -0.2) is 24.0 Å². The molecule has 1 fully saturated rings. The Morgan fingerprint density at radius 1 is 1.44 bits per heavy atom. The highest BCUT2D eigenvalue weighted by Crippen LogP contribution is 2.24. The molecule has 1 unspecified atom stereocenters. The van der Waals surface area contributed by atoms with E-state index in [9.17, 15) is 9.59 Å². The summed E-state index contributed by atoms with van der Waals surface area (Å²) in [6.45, 7) is 3.92. The zero-order chi connectivity index (χ0) is 18.8. The van der Waals surface area contributed by atoms with Gasteiger partial charge >= 0.3 is 5.63 Å². The van der Waals surface area contributed by atoms with Crippen molar-refractivity contribution in [3.63, 3.8) is 0 Å². The van der Waals surface area contributed by atoms with Crippen molar-refractivity contribution in [1.29, 1.82) is 0 Å². The smallest absolute Gasteiger partial charge is 0.349 e. The van der Waals surface area contributed by atoms with E-state index in [1.54, 1.807) is 12.4 Å². The lowest BCUT2D eigenvalue weighted by Gasteiger charge is -2.22. The molecule has 3 aromatic rings. The molecule has 1 atom stereocenters. The standard InChI is InChI=1S/C20H21N3O3S/c1-12-8-16(13-5-3-7-21-9-13)26-20(25)17(12)19(24)22-10-14-4-2-6-15-18(14)27-11-23-15/h2,4,6,8,11,13,21H,3,5,7,9-10H2,1H3,(H,22,24).